The summed E-state index contributed by atoms with van der Waals surface area (Å²) in [5.41, 5.74) is 25.0. The van der Waals surface area contributed by atoms with Crippen LogP contribution in [0.2, 0.25) is 0 Å². The zero-order valence-corrected chi connectivity index (χ0v) is 42.2. The normalized spacial score (nSPS) is 14.3. The Labute approximate surface area is 418 Å². The number of hydrogen-bond donors (Lipinski definition) is 0. The molecule has 0 saturated heterocycles. The van der Waals surface area contributed by atoms with Crippen molar-refractivity contribution in [2.45, 2.75) is 78.6 Å². The van der Waals surface area contributed by atoms with Crippen LogP contribution in [0.1, 0.15) is 83.2 Å². The van der Waals surface area contributed by atoms with Crippen LogP contribution >= 0.6 is 0 Å². The summed E-state index contributed by atoms with van der Waals surface area (Å²) in [5.74, 6) is 0. The number of aryl methyl sites for hydroxylation is 1. The third-order valence-electron chi connectivity index (χ3n) is 15.8. The molecule has 9 aromatic carbocycles. The van der Waals surface area contributed by atoms with Gasteiger partial charge in [-0.25, -0.2) is 0 Å². The molecule has 0 amide bonds. The smallest absolute Gasteiger partial charge is 0.252 e. The van der Waals surface area contributed by atoms with Crippen LogP contribution in [-0.2, 0) is 16.2 Å². The molecular weight excluding hydrogens is 862 g/mol. The van der Waals surface area contributed by atoms with Gasteiger partial charge in [-0.05, 0) is 158 Å². The van der Waals surface area contributed by atoms with Crippen LogP contribution < -0.4 is 31.1 Å². The van der Waals surface area contributed by atoms with Crippen LogP contribution in [-0.4, -0.2) is 6.71 Å². The van der Waals surface area contributed by atoms with Crippen molar-refractivity contribution in [2.24, 2.45) is 0 Å². The van der Waals surface area contributed by atoms with E-state index in [9.17, 15) is 0 Å². The predicted octanol–water partition coefficient (Wildman–Crippen LogP) is 16.3. The van der Waals surface area contributed by atoms with E-state index < -0.39 is 0 Å². The number of rotatable bonds is 5. The maximum Gasteiger partial charge on any atom is 0.252 e. The van der Waals surface area contributed by atoms with Gasteiger partial charge < -0.3 is 19.1 Å². The van der Waals surface area contributed by atoms with Crippen molar-refractivity contribution in [1.29, 1.82) is 0 Å². The van der Waals surface area contributed by atoms with Crippen molar-refractivity contribution in [2.75, 3.05) is 14.7 Å². The minimum absolute atomic E-state index is 0.0192. The predicted molar refractivity (Wildman–Crippen MR) is 302 cm³/mol. The summed E-state index contributed by atoms with van der Waals surface area (Å²) in [4.78, 5) is 7.52. The topological polar surface area (TPSA) is 22.9 Å². The number of para-hydroxylation sites is 2. The Morgan fingerprint density at radius 3 is 1.87 bits per heavy atom. The molecule has 0 atom stereocenters. The fraction of sp³-hybridized carbons (Fsp3) is 0.182. The first-order chi connectivity index (χ1) is 34.1. The molecule has 10 aromatic rings. The van der Waals surface area contributed by atoms with E-state index >= 15 is 0 Å². The average Bonchev–Trinajstić information content (AvgIpc) is 3.84. The number of benzene rings is 9. The van der Waals surface area contributed by atoms with E-state index in [1.165, 1.54) is 78.1 Å². The summed E-state index contributed by atoms with van der Waals surface area (Å²) >= 11 is 0. The summed E-state index contributed by atoms with van der Waals surface area (Å²) < 4.78 is 6.68. The molecule has 0 unspecified atom stereocenters. The van der Waals surface area contributed by atoms with E-state index in [2.05, 4.69) is 265 Å². The standard InChI is InChI=1S/C66H58BN3O/c1-41-34-59-63-60(35-41)70(48-27-30-51-50-23-14-16-25-61(50)71-62(51)40-48)58-39-47(68(44-19-11-10-12-20-44)45-21-17-18-42(36-45)64(2,3)4)29-32-55(58)67(63)56-37-43(65(5,6)7)26-33-57(56)69(59)46-28-31-54-52(38-46)49-22-13-15-24-53(49)66(54,8)9/h10-40H,1-9H3. The molecule has 1 aromatic heterocycles. The Balaban J connectivity index is 1.09. The van der Waals surface area contributed by atoms with Crippen molar-refractivity contribution in [3.05, 3.63) is 216 Å². The molecule has 0 fully saturated rings. The van der Waals surface area contributed by atoms with E-state index in [0.717, 1.165) is 50.4 Å². The number of anilines is 9. The highest BCUT2D eigenvalue weighted by Crippen LogP contribution is 2.52. The molecule has 4 nitrogen and oxygen atoms in total. The second-order valence-corrected chi connectivity index (χ2v) is 22.7. The molecule has 5 heteroatoms. The van der Waals surface area contributed by atoms with Gasteiger partial charge in [0.25, 0.3) is 6.71 Å². The molecule has 0 bridgehead atoms. The van der Waals surface area contributed by atoms with E-state index in [4.69, 9.17) is 4.42 Å². The van der Waals surface area contributed by atoms with Crippen molar-refractivity contribution >= 4 is 96.2 Å². The highest BCUT2D eigenvalue weighted by molar-refractivity contribution is 7.00. The monoisotopic (exact) mass is 919 g/mol. The molecule has 13 rings (SSSR count). The van der Waals surface area contributed by atoms with Gasteiger partial charge in [0, 0.05) is 73.4 Å². The van der Waals surface area contributed by atoms with Gasteiger partial charge in [0.1, 0.15) is 11.2 Å². The van der Waals surface area contributed by atoms with Crippen LogP contribution in [0.25, 0.3) is 33.1 Å². The van der Waals surface area contributed by atoms with Gasteiger partial charge in [0.2, 0.25) is 0 Å². The van der Waals surface area contributed by atoms with E-state index in [-0.39, 0.29) is 23.0 Å². The third kappa shape index (κ3) is 6.66. The Hall–Kier alpha value is -7.76. The first kappa shape index (κ1) is 43.3. The summed E-state index contributed by atoms with van der Waals surface area (Å²) in [6, 6.07) is 70.7. The minimum Gasteiger partial charge on any atom is -0.456 e. The first-order valence-electron chi connectivity index (χ1n) is 25.3. The number of nitrogens with zero attached hydrogens (tertiary/aromatic N) is 3. The van der Waals surface area contributed by atoms with Gasteiger partial charge in [-0.2, -0.15) is 0 Å². The van der Waals surface area contributed by atoms with Crippen molar-refractivity contribution < 1.29 is 4.42 Å². The molecule has 1 aliphatic carbocycles. The SMILES string of the molecule is Cc1cc2c3c(c1)N(c1ccc4c(c1)oc1ccccc14)c1cc(N(c4ccccc4)c4cccc(C(C)(C)C)c4)ccc1B3c1cc(C(C)(C)C)ccc1N2c1ccc2c(c1)-c1ccccc1C2(C)C. The summed E-state index contributed by atoms with van der Waals surface area (Å²) in [7, 11) is 0. The molecule has 0 spiro atoms. The van der Waals surface area contributed by atoms with Gasteiger partial charge in [-0.3, -0.25) is 0 Å². The Bertz CT molecular complexity index is 3810. The maximum atomic E-state index is 6.68. The summed E-state index contributed by atoms with van der Waals surface area (Å²) in [5, 5.41) is 2.24. The van der Waals surface area contributed by atoms with Crippen LogP contribution in [0, 0.1) is 6.92 Å². The molecule has 0 saturated carbocycles. The van der Waals surface area contributed by atoms with Crippen LogP contribution in [0.5, 0.6) is 0 Å². The van der Waals surface area contributed by atoms with Crippen LogP contribution in [0.3, 0.4) is 0 Å². The molecule has 0 radical (unpaired) electrons. The lowest BCUT2D eigenvalue weighted by molar-refractivity contribution is 0.590. The zero-order valence-electron chi connectivity index (χ0n) is 42.2. The van der Waals surface area contributed by atoms with Crippen LogP contribution in [0.4, 0.5) is 51.2 Å². The van der Waals surface area contributed by atoms with Gasteiger partial charge in [-0.1, -0.05) is 152 Å². The molecule has 0 N–H and O–H groups in total. The fourth-order valence-corrected chi connectivity index (χ4v) is 12.1. The lowest BCUT2D eigenvalue weighted by atomic mass is 9.33. The highest BCUT2D eigenvalue weighted by atomic mass is 16.3. The first-order valence-corrected chi connectivity index (χ1v) is 25.3. The minimum atomic E-state index is -0.0883. The third-order valence-corrected chi connectivity index (χ3v) is 15.8. The lowest BCUT2D eigenvalue weighted by Crippen LogP contribution is -2.61. The second-order valence-electron chi connectivity index (χ2n) is 22.7. The number of fused-ring (bicyclic) bond motifs is 10. The molecule has 3 heterocycles. The Kier molecular flexibility index (Phi) is 9.37. The molecule has 71 heavy (non-hydrogen) atoms. The molecular formula is C66H58BN3O. The van der Waals surface area contributed by atoms with Gasteiger partial charge in [0.05, 0.1) is 0 Å². The summed E-state index contributed by atoms with van der Waals surface area (Å²) in [6.07, 6.45) is 0. The molecule has 346 valence electrons. The quantitative estimate of drug-likeness (QED) is 0.160. The van der Waals surface area contributed by atoms with Gasteiger partial charge in [-0.15, -0.1) is 0 Å². The van der Waals surface area contributed by atoms with Crippen molar-refractivity contribution in [3.63, 3.8) is 0 Å². The van der Waals surface area contributed by atoms with E-state index in [1.807, 2.05) is 0 Å². The van der Waals surface area contributed by atoms with Gasteiger partial charge >= 0.3 is 0 Å². The van der Waals surface area contributed by atoms with Crippen molar-refractivity contribution in [3.8, 4) is 11.1 Å². The highest BCUT2D eigenvalue weighted by Gasteiger charge is 2.45. The number of hydrogen-bond acceptors (Lipinski definition) is 4. The van der Waals surface area contributed by atoms with Gasteiger partial charge in [0.15, 0.2) is 0 Å². The van der Waals surface area contributed by atoms with Crippen LogP contribution in [0.15, 0.2) is 192 Å². The zero-order chi connectivity index (χ0) is 48.7. The van der Waals surface area contributed by atoms with E-state index in [0.29, 0.717) is 0 Å². The number of furan rings is 1. The molecule has 2 aliphatic heterocycles. The second kappa shape index (κ2) is 15.4. The van der Waals surface area contributed by atoms with E-state index in [1.54, 1.807) is 0 Å². The lowest BCUT2D eigenvalue weighted by Gasteiger charge is -2.45. The maximum absolute atomic E-state index is 6.68. The van der Waals surface area contributed by atoms with Crippen molar-refractivity contribution in [1.82, 2.24) is 0 Å². The summed E-state index contributed by atoms with van der Waals surface area (Å²) in [6.45, 7) is 20.8. The average molecular weight is 920 g/mol. The Morgan fingerprint density at radius 2 is 1.08 bits per heavy atom. The fourth-order valence-electron chi connectivity index (χ4n) is 12.1. The largest absolute Gasteiger partial charge is 0.456 e. The molecule has 3 aliphatic rings. The Morgan fingerprint density at radius 1 is 0.451 bits per heavy atom.